The van der Waals surface area contributed by atoms with E-state index in [9.17, 15) is 14.0 Å². The molecule has 0 unspecified atom stereocenters. The summed E-state index contributed by atoms with van der Waals surface area (Å²) in [5, 5.41) is 7.03. The number of nitrogens with zero attached hydrogens (tertiary/aromatic N) is 1. The Morgan fingerprint density at radius 1 is 1.04 bits per heavy atom. The zero-order valence-electron chi connectivity index (χ0n) is 15.9. The van der Waals surface area contributed by atoms with Crippen molar-refractivity contribution in [3.8, 4) is 0 Å². The molecule has 2 aromatic rings. The molecule has 2 N–H and O–H groups in total. The fourth-order valence-electron chi connectivity index (χ4n) is 3.34. The third kappa shape index (κ3) is 5.03. The summed E-state index contributed by atoms with van der Waals surface area (Å²) in [7, 11) is 0. The van der Waals surface area contributed by atoms with Crippen molar-refractivity contribution in [1.82, 2.24) is 5.43 Å². The first-order valence-electron chi connectivity index (χ1n) is 9.55. The minimum absolute atomic E-state index is 0.0549. The number of rotatable bonds is 5. The van der Waals surface area contributed by atoms with Gasteiger partial charge < -0.3 is 5.32 Å². The number of hydrazone groups is 1. The molecule has 146 valence electrons. The van der Waals surface area contributed by atoms with Crippen molar-refractivity contribution < 1.29 is 14.0 Å². The summed E-state index contributed by atoms with van der Waals surface area (Å²) in [5.41, 5.74) is 4.32. The molecule has 0 bridgehead atoms. The number of hydrogen-bond acceptors (Lipinski definition) is 3. The summed E-state index contributed by atoms with van der Waals surface area (Å²) < 4.78 is 13.7. The van der Waals surface area contributed by atoms with E-state index in [4.69, 9.17) is 0 Å². The van der Waals surface area contributed by atoms with Crippen molar-refractivity contribution in [2.45, 2.75) is 39.0 Å². The highest BCUT2D eigenvalue weighted by Gasteiger charge is 2.21. The second kappa shape index (κ2) is 9.26. The minimum atomic E-state index is -0.612. The molecule has 1 aliphatic rings. The lowest BCUT2D eigenvalue weighted by molar-refractivity contribution is -0.120. The molecule has 28 heavy (non-hydrogen) atoms. The molecule has 0 heterocycles. The van der Waals surface area contributed by atoms with Gasteiger partial charge in [-0.05, 0) is 49.6 Å². The van der Waals surface area contributed by atoms with Crippen LogP contribution in [-0.4, -0.2) is 17.5 Å². The number of nitrogens with one attached hydrogen (secondary N) is 2. The Morgan fingerprint density at radius 3 is 2.54 bits per heavy atom. The summed E-state index contributed by atoms with van der Waals surface area (Å²) >= 11 is 0. The Balaban J connectivity index is 1.65. The predicted octanol–water partition coefficient (Wildman–Crippen LogP) is 4.50. The van der Waals surface area contributed by atoms with Crippen LogP contribution in [0.5, 0.6) is 0 Å². The van der Waals surface area contributed by atoms with Crippen LogP contribution in [0.2, 0.25) is 0 Å². The highest BCUT2D eigenvalue weighted by molar-refractivity contribution is 6.02. The lowest BCUT2D eigenvalue weighted by Gasteiger charge is -2.20. The molecule has 6 heteroatoms. The number of halogens is 1. The van der Waals surface area contributed by atoms with E-state index in [0.29, 0.717) is 11.4 Å². The normalized spacial score (nSPS) is 15.1. The van der Waals surface area contributed by atoms with Gasteiger partial charge in [-0.2, -0.15) is 5.10 Å². The van der Waals surface area contributed by atoms with Gasteiger partial charge in [0.1, 0.15) is 5.82 Å². The molecule has 0 aromatic heterocycles. The Hall–Kier alpha value is -3.02. The van der Waals surface area contributed by atoms with E-state index in [1.54, 1.807) is 13.0 Å². The number of amides is 2. The Labute approximate surface area is 164 Å². The fourth-order valence-corrected chi connectivity index (χ4v) is 3.34. The number of carbonyl (C=O) groups is 2. The van der Waals surface area contributed by atoms with Gasteiger partial charge in [0, 0.05) is 11.6 Å². The van der Waals surface area contributed by atoms with E-state index in [0.717, 1.165) is 31.2 Å². The highest BCUT2D eigenvalue weighted by Crippen LogP contribution is 2.25. The zero-order chi connectivity index (χ0) is 19.9. The van der Waals surface area contributed by atoms with Crippen molar-refractivity contribution in [2.24, 2.45) is 11.0 Å². The van der Waals surface area contributed by atoms with E-state index in [1.807, 2.05) is 24.3 Å². The fraction of sp³-hybridized carbons (Fsp3) is 0.318. The molecule has 0 saturated heterocycles. The summed E-state index contributed by atoms with van der Waals surface area (Å²) in [6, 6.07) is 13.0. The van der Waals surface area contributed by atoms with Crippen LogP contribution in [0, 0.1) is 11.7 Å². The lowest BCUT2D eigenvalue weighted by atomic mass is 9.88. The van der Waals surface area contributed by atoms with Gasteiger partial charge in [-0.25, -0.2) is 9.82 Å². The van der Waals surface area contributed by atoms with E-state index in [1.165, 1.54) is 24.6 Å². The standard InChI is InChI=1S/C22H24FN3O2/c1-15(25-26-22(28)19-12-5-6-13-20(19)23)17-10-7-11-18(14-17)24-21(27)16-8-3-2-4-9-16/h5-7,10-14,16H,2-4,8-9H2,1H3,(H,24,27)(H,26,28)/b25-15-. The van der Waals surface area contributed by atoms with Crippen molar-refractivity contribution >= 4 is 23.2 Å². The molecule has 5 nitrogen and oxygen atoms in total. The van der Waals surface area contributed by atoms with Gasteiger partial charge in [-0.3, -0.25) is 9.59 Å². The molecular weight excluding hydrogens is 357 g/mol. The Bertz CT molecular complexity index is 889. The Morgan fingerprint density at radius 2 is 1.79 bits per heavy atom. The lowest BCUT2D eigenvalue weighted by Crippen LogP contribution is -2.24. The van der Waals surface area contributed by atoms with Gasteiger partial charge in [0.15, 0.2) is 0 Å². The summed E-state index contributed by atoms with van der Waals surface area (Å²) in [6.07, 6.45) is 5.28. The van der Waals surface area contributed by atoms with Crippen molar-refractivity contribution in [3.05, 3.63) is 65.5 Å². The molecule has 0 radical (unpaired) electrons. The molecule has 1 saturated carbocycles. The first-order valence-corrected chi connectivity index (χ1v) is 9.55. The van der Waals surface area contributed by atoms with Crippen molar-refractivity contribution in [3.63, 3.8) is 0 Å². The molecule has 1 aliphatic carbocycles. The second-order valence-electron chi connectivity index (χ2n) is 7.02. The van der Waals surface area contributed by atoms with Gasteiger partial charge in [0.2, 0.25) is 5.91 Å². The topological polar surface area (TPSA) is 70.6 Å². The SMILES string of the molecule is C/C(=N/NC(=O)c1ccccc1F)c1cccc(NC(=O)C2CCCCC2)c1. The first-order chi connectivity index (χ1) is 13.5. The van der Waals surface area contributed by atoms with Gasteiger partial charge >= 0.3 is 0 Å². The molecule has 0 atom stereocenters. The third-order valence-electron chi connectivity index (χ3n) is 4.97. The summed E-state index contributed by atoms with van der Waals surface area (Å²) in [4.78, 5) is 24.5. The third-order valence-corrected chi connectivity index (χ3v) is 4.97. The van der Waals surface area contributed by atoms with E-state index in [2.05, 4.69) is 15.8 Å². The maximum Gasteiger partial charge on any atom is 0.274 e. The molecule has 0 spiro atoms. The van der Waals surface area contributed by atoms with E-state index < -0.39 is 11.7 Å². The number of anilines is 1. The van der Waals surface area contributed by atoms with Crippen LogP contribution in [-0.2, 0) is 4.79 Å². The molecule has 0 aliphatic heterocycles. The average Bonchev–Trinajstić information content (AvgIpc) is 2.73. The number of benzene rings is 2. The second-order valence-corrected chi connectivity index (χ2v) is 7.02. The van der Waals surface area contributed by atoms with Gasteiger partial charge in [0.25, 0.3) is 5.91 Å². The molecule has 3 rings (SSSR count). The highest BCUT2D eigenvalue weighted by atomic mass is 19.1. The number of carbonyl (C=O) groups excluding carboxylic acids is 2. The van der Waals surface area contributed by atoms with Crippen LogP contribution >= 0.6 is 0 Å². The van der Waals surface area contributed by atoms with E-state index >= 15 is 0 Å². The van der Waals surface area contributed by atoms with E-state index in [-0.39, 0.29) is 17.4 Å². The van der Waals surface area contributed by atoms with Crippen LogP contribution in [0.1, 0.15) is 54.9 Å². The van der Waals surface area contributed by atoms with Gasteiger partial charge in [0.05, 0.1) is 11.3 Å². The maximum atomic E-state index is 13.7. The van der Waals surface area contributed by atoms with Gasteiger partial charge in [-0.1, -0.05) is 43.5 Å². The molecule has 2 aromatic carbocycles. The monoisotopic (exact) mass is 381 g/mol. The maximum absolute atomic E-state index is 13.7. The van der Waals surface area contributed by atoms with Crippen LogP contribution < -0.4 is 10.7 Å². The quantitative estimate of drug-likeness (QED) is 0.591. The first kappa shape index (κ1) is 19.7. The average molecular weight is 381 g/mol. The minimum Gasteiger partial charge on any atom is -0.326 e. The summed E-state index contributed by atoms with van der Waals surface area (Å²) in [6.45, 7) is 1.74. The van der Waals surface area contributed by atoms with Crippen LogP contribution in [0.15, 0.2) is 53.6 Å². The Kier molecular flexibility index (Phi) is 6.53. The number of hydrogen-bond donors (Lipinski definition) is 2. The largest absolute Gasteiger partial charge is 0.326 e. The van der Waals surface area contributed by atoms with Crippen LogP contribution in [0.25, 0.3) is 0 Å². The van der Waals surface area contributed by atoms with Crippen molar-refractivity contribution in [1.29, 1.82) is 0 Å². The smallest absolute Gasteiger partial charge is 0.274 e. The van der Waals surface area contributed by atoms with Crippen LogP contribution in [0.3, 0.4) is 0 Å². The zero-order valence-corrected chi connectivity index (χ0v) is 15.9. The van der Waals surface area contributed by atoms with Crippen LogP contribution in [0.4, 0.5) is 10.1 Å². The van der Waals surface area contributed by atoms with Crippen molar-refractivity contribution in [2.75, 3.05) is 5.32 Å². The molecule has 1 fully saturated rings. The molecular formula is C22H24FN3O2. The summed E-state index contributed by atoms with van der Waals surface area (Å²) in [5.74, 6) is -1.08. The van der Waals surface area contributed by atoms with Gasteiger partial charge in [-0.15, -0.1) is 0 Å². The molecule has 2 amide bonds. The predicted molar refractivity (Wildman–Crippen MR) is 108 cm³/mol.